The molecule has 100 valence electrons. The van der Waals surface area contributed by atoms with Crippen molar-refractivity contribution in [3.05, 3.63) is 0 Å². The Kier molecular flexibility index (Phi) is 5.34. The van der Waals surface area contributed by atoms with Gasteiger partial charge in [-0.1, -0.05) is 20.8 Å². The van der Waals surface area contributed by atoms with Gasteiger partial charge in [0.2, 0.25) is 0 Å². The fourth-order valence-electron chi connectivity index (χ4n) is 1.14. The first-order valence-electron chi connectivity index (χ1n) is 5.57. The van der Waals surface area contributed by atoms with Crippen LogP contribution in [0.4, 0.5) is 0 Å². The second kappa shape index (κ2) is 5.64. The molecule has 0 heterocycles. The second-order valence-corrected chi connectivity index (χ2v) is 10.5. The summed E-state index contributed by atoms with van der Waals surface area (Å²) in [5.74, 6) is -2.06. The Hall–Kier alpha value is -0.883. The van der Waals surface area contributed by atoms with Crippen molar-refractivity contribution in [1.82, 2.24) is 0 Å². The van der Waals surface area contributed by atoms with Crippen LogP contribution in [0, 0.1) is 0 Å². The molecule has 0 rings (SSSR count). The van der Waals surface area contributed by atoms with E-state index in [1.54, 1.807) is 0 Å². The highest BCUT2D eigenvalue weighted by Gasteiger charge is 2.39. The van der Waals surface area contributed by atoms with Gasteiger partial charge in [0, 0.05) is 0 Å². The summed E-state index contributed by atoms with van der Waals surface area (Å²) in [6, 6.07) is 0. The molecule has 5 nitrogen and oxygen atoms in total. The summed E-state index contributed by atoms with van der Waals surface area (Å²) in [6.07, 6.45) is -1.27. The molecule has 0 fully saturated rings. The lowest BCUT2D eigenvalue weighted by Gasteiger charge is -2.38. The lowest BCUT2D eigenvalue weighted by Crippen LogP contribution is -2.44. The van der Waals surface area contributed by atoms with Crippen LogP contribution in [0.15, 0.2) is 0 Å². The first-order chi connectivity index (χ1) is 7.45. The largest absolute Gasteiger partial charge is 0.481 e. The quantitative estimate of drug-likeness (QED) is 0.718. The van der Waals surface area contributed by atoms with E-state index in [1.165, 1.54) is 0 Å². The molecule has 0 bridgehead atoms. The highest BCUT2D eigenvalue weighted by atomic mass is 28.4. The maximum Gasteiger partial charge on any atom is 0.305 e. The average molecular weight is 262 g/mol. The maximum atomic E-state index is 10.7. The Bertz CT molecular complexity index is 277. The minimum Gasteiger partial charge on any atom is -0.481 e. The molecule has 0 atom stereocenters. The van der Waals surface area contributed by atoms with Gasteiger partial charge in [-0.25, -0.2) is 0 Å². The highest BCUT2D eigenvalue weighted by molar-refractivity contribution is 6.74. The first-order valence-corrected chi connectivity index (χ1v) is 8.48. The molecule has 0 aromatic rings. The van der Waals surface area contributed by atoms with Crippen molar-refractivity contribution in [2.45, 2.75) is 57.8 Å². The van der Waals surface area contributed by atoms with E-state index in [0.29, 0.717) is 0 Å². The monoisotopic (exact) mass is 262 g/mol. The fourth-order valence-corrected chi connectivity index (χ4v) is 2.49. The van der Waals surface area contributed by atoms with Crippen LogP contribution < -0.4 is 0 Å². The summed E-state index contributed by atoms with van der Waals surface area (Å²) in [5, 5.41) is 17.4. The normalized spacial score (nSPS) is 12.8. The van der Waals surface area contributed by atoms with Crippen molar-refractivity contribution in [3.8, 4) is 0 Å². The maximum absolute atomic E-state index is 10.7. The summed E-state index contributed by atoms with van der Waals surface area (Å²) in [7, 11) is -2.13. The number of carboxylic acids is 2. The molecule has 6 heteroatoms. The minimum absolute atomic E-state index is 0.0672. The number of carbonyl (C=O) groups is 2. The zero-order valence-electron chi connectivity index (χ0n) is 11.1. The van der Waals surface area contributed by atoms with E-state index in [9.17, 15) is 9.59 Å². The topological polar surface area (TPSA) is 83.8 Å². The van der Waals surface area contributed by atoms with Crippen LogP contribution >= 0.6 is 0 Å². The fraction of sp³-hybridized carbons (Fsp3) is 0.818. The van der Waals surface area contributed by atoms with Crippen molar-refractivity contribution in [2.24, 2.45) is 0 Å². The molecule has 0 aromatic heterocycles. The predicted octanol–water partition coefficient (Wildman–Crippen LogP) is 2.33. The molecule has 0 aromatic carbocycles. The van der Waals surface area contributed by atoms with Gasteiger partial charge >= 0.3 is 11.9 Å². The smallest absolute Gasteiger partial charge is 0.305 e. The lowest BCUT2D eigenvalue weighted by atomic mass is 10.2. The van der Waals surface area contributed by atoms with E-state index in [1.807, 2.05) is 33.9 Å². The van der Waals surface area contributed by atoms with Gasteiger partial charge in [0.15, 0.2) is 8.32 Å². The summed E-state index contributed by atoms with van der Waals surface area (Å²) in [4.78, 5) is 21.3. The van der Waals surface area contributed by atoms with Crippen LogP contribution in [0.1, 0.15) is 33.6 Å². The molecule has 17 heavy (non-hydrogen) atoms. The third-order valence-corrected chi connectivity index (χ3v) is 7.61. The number of aliphatic carboxylic acids is 2. The van der Waals surface area contributed by atoms with Gasteiger partial charge in [0.25, 0.3) is 0 Å². The molecule has 0 unspecified atom stereocenters. The summed E-state index contributed by atoms with van der Waals surface area (Å²) in [6.45, 7) is 10.0. The van der Waals surface area contributed by atoms with E-state index in [0.717, 1.165) is 0 Å². The van der Waals surface area contributed by atoms with E-state index in [-0.39, 0.29) is 17.9 Å². The van der Waals surface area contributed by atoms with Crippen molar-refractivity contribution in [3.63, 3.8) is 0 Å². The standard InChI is InChI=1S/C11H22O5Si/c1-11(2,3)17(4,5)16-8(6-9(12)13)7-10(14)15/h8H,6-7H2,1-5H3,(H,12,13)(H,14,15). The molecular formula is C11H22O5Si. The van der Waals surface area contributed by atoms with Crippen molar-refractivity contribution in [2.75, 3.05) is 0 Å². The molecule has 0 aliphatic carbocycles. The van der Waals surface area contributed by atoms with Crippen molar-refractivity contribution >= 4 is 20.3 Å². The van der Waals surface area contributed by atoms with Crippen molar-refractivity contribution in [1.29, 1.82) is 0 Å². The third kappa shape index (κ3) is 5.83. The number of hydrogen-bond acceptors (Lipinski definition) is 3. The first kappa shape index (κ1) is 16.1. The number of rotatable bonds is 6. The third-order valence-electron chi connectivity index (χ3n) is 3.07. The molecule has 2 N–H and O–H groups in total. The molecule has 0 aliphatic rings. The Morgan fingerprint density at radius 1 is 1.12 bits per heavy atom. The van der Waals surface area contributed by atoms with Gasteiger partial charge in [-0.2, -0.15) is 0 Å². The van der Waals surface area contributed by atoms with Gasteiger partial charge in [-0.3, -0.25) is 9.59 Å². The van der Waals surface area contributed by atoms with Crippen molar-refractivity contribution < 1.29 is 24.2 Å². The van der Waals surface area contributed by atoms with Gasteiger partial charge in [-0.05, 0) is 18.1 Å². The number of hydrogen-bond donors (Lipinski definition) is 2. The Labute approximate surface area is 103 Å². The Morgan fingerprint density at radius 2 is 1.47 bits per heavy atom. The van der Waals surface area contributed by atoms with Crippen LogP contribution in [-0.4, -0.2) is 36.6 Å². The van der Waals surface area contributed by atoms with E-state index in [2.05, 4.69) is 0 Å². The van der Waals surface area contributed by atoms with Gasteiger partial charge < -0.3 is 14.6 Å². The van der Waals surface area contributed by atoms with Crippen LogP contribution in [0.2, 0.25) is 18.1 Å². The molecule has 0 aliphatic heterocycles. The molecule has 0 radical (unpaired) electrons. The molecular weight excluding hydrogens is 240 g/mol. The summed E-state index contributed by atoms with van der Waals surface area (Å²) in [5.41, 5.74) is 0. The summed E-state index contributed by atoms with van der Waals surface area (Å²) >= 11 is 0. The molecule has 0 amide bonds. The second-order valence-electron chi connectivity index (χ2n) is 5.70. The minimum atomic E-state index is -2.13. The van der Waals surface area contributed by atoms with Gasteiger partial charge in [-0.15, -0.1) is 0 Å². The average Bonchev–Trinajstić information content (AvgIpc) is 1.96. The highest BCUT2D eigenvalue weighted by Crippen LogP contribution is 2.37. The predicted molar refractivity (Wildman–Crippen MR) is 66.6 cm³/mol. The molecule has 0 spiro atoms. The lowest BCUT2D eigenvalue weighted by molar-refractivity contribution is -0.142. The van der Waals surface area contributed by atoms with E-state index >= 15 is 0 Å². The number of carboxylic acid groups (broad SMARTS) is 2. The zero-order chi connectivity index (χ0) is 13.9. The SMILES string of the molecule is CC(C)(C)[Si](C)(C)OC(CC(=O)O)CC(=O)O. The van der Waals surface area contributed by atoms with Gasteiger partial charge in [0.05, 0.1) is 18.9 Å². The van der Waals surface area contributed by atoms with Crippen LogP contribution in [-0.2, 0) is 14.0 Å². The Morgan fingerprint density at radius 3 is 1.71 bits per heavy atom. The van der Waals surface area contributed by atoms with E-state index in [4.69, 9.17) is 14.6 Å². The summed E-state index contributed by atoms with van der Waals surface area (Å²) < 4.78 is 5.80. The van der Waals surface area contributed by atoms with Crippen LogP contribution in [0.25, 0.3) is 0 Å². The van der Waals surface area contributed by atoms with E-state index < -0.39 is 26.4 Å². The van der Waals surface area contributed by atoms with Crippen LogP contribution in [0.5, 0.6) is 0 Å². The van der Waals surface area contributed by atoms with Gasteiger partial charge in [0.1, 0.15) is 0 Å². The molecule has 0 saturated carbocycles. The zero-order valence-corrected chi connectivity index (χ0v) is 12.1. The molecule has 0 saturated heterocycles. The van der Waals surface area contributed by atoms with Crippen LogP contribution in [0.3, 0.4) is 0 Å². The Balaban J connectivity index is 4.73.